The van der Waals surface area contributed by atoms with Gasteiger partial charge in [-0.15, -0.1) is 0 Å². The lowest BCUT2D eigenvalue weighted by Crippen LogP contribution is -2.26. The number of hydrogen-bond acceptors (Lipinski definition) is 7. The molecule has 0 aromatic heterocycles. The molecule has 26 heavy (non-hydrogen) atoms. The fraction of sp³-hybridized carbons (Fsp3) is 0.0714. The smallest absolute Gasteiger partial charge is 0.371 e. The molecule has 2 rings (SSSR count). The fourth-order valence-corrected chi connectivity index (χ4v) is 2.72. The van der Waals surface area contributed by atoms with Gasteiger partial charge in [-0.3, -0.25) is 4.79 Å². The van der Waals surface area contributed by atoms with E-state index >= 15 is 0 Å². The van der Waals surface area contributed by atoms with Gasteiger partial charge in [-0.2, -0.15) is 27.1 Å². The third kappa shape index (κ3) is 5.70. The Kier molecular flexibility index (Phi) is 5.51. The molecule has 4 N–H and O–H groups in total. The molecule has 2 aromatic rings. The number of amides is 1. The fourth-order valence-electron chi connectivity index (χ4n) is 1.96. The quantitative estimate of drug-likeness (QED) is 0.695. The van der Waals surface area contributed by atoms with Gasteiger partial charge in [0.05, 0.1) is 0 Å². The van der Waals surface area contributed by atoms with Crippen LogP contribution < -0.4 is 23.5 Å². The van der Waals surface area contributed by atoms with Gasteiger partial charge in [0, 0.05) is 18.3 Å². The monoisotopic (exact) mass is 401 g/mol. The van der Waals surface area contributed by atoms with Crippen LogP contribution in [0.25, 0.3) is 0 Å². The molecule has 12 heteroatoms. The van der Waals surface area contributed by atoms with E-state index in [1.54, 1.807) is 0 Å². The molecule has 0 bridgehead atoms. The summed E-state index contributed by atoms with van der Waals surface area (Å²) in [5, 5.41) is 9.53. The Labute approximate surface area is 150 Å². The van der Waals surface area contributed by atoms with Crippen LogP contribution in [0.15, 0.2) is 48.5 Å². The van der Waals surface area contributed by atoms with Crippen molar-refractivity contribution in [1.82, 2.24) is 0 Å². The zero-order valence-corrected chi connectivity index (χ0v) is 15.0. The van der Waals surface area contributed by atoms with Gasteiger partial charge in [-0.1, -0.05) is 0 Å². The molecule has 0 unspecified atom stereocenters. The summed E-state index contributed by atoms with van der Waals surface area (Å²) in [7, 11) is -6.77. The number of rotatable bonds is 6. The second kappa shape index (κ2) is 7.29. The van der Waals surface area contributed by atoms with Gasteiger partial charge in [0.2, 0.25) is 0 Å². The SMILES string of the molecule is CN(C(=O)c1ccc(OS(N)(=O)=O)cc1)c1ccc(OS(N)(=O)=O)cc1. The first-order valence-electron chi connectivity index (χ1n) is 6.87. The highest BCUT2D eigenvalue weighted by Crippen LogP contribution is 2.21. The lowest BCUT2D eigenvalue weighted by atomic mass is 10.2. The third-order valence-corrected chi connectivity index (χ3v) is 3.90. The van der Waals surface area contributed by atoms with Crippen LogP contribution >= 0.6 is 0 Å². The average molecular weight is 401 g/mol. The number of hydrogen-bond donors (Lipinski definition) is 2. The van der Waals surface area contributed by atoms with E-state index in [0.29, 0.717) is 5.69 Å². The zero-order chi connectivity index (χ0) is 19.5. The summed E-state index contributed by atoms with van der Waals surface area (Å²) in [5.74, 6) is -0.426. The molecule has 0 heterocycles. The standard InChI is InChI=1S/C14H15N3O7S2/c1-17(11-4-8-13(9-5-11)24-26(16,21)22)14(18)10-2-6-12(7-3-10)23-25(15,19)20/h2-9H,1H3,(H2,15,19,20)(H2,16,21,22). The summed E-state index contributed by atoms with van der Waals surface area (Å²) < 4.78 is 52.4. The predicted octanol–water partition coefficient (Wildman–Crippen LogP) is 0.128. The summed E-state index contributed by atoms with van der Waals surface area (Å²) in [6.45, 7) is 0. The van der Waals surface area contributed by atoms with Crippen molar-refractivity contribution in [3.63, 3.8) is 0 Å². The first-order valence-corrected chi connectivity index (χ1v) is 9.81. The van der Waals surface area contributed by atoms with Crippen molar-refractivity contribution in [2.45, 2.75) is 0 Å². The second-order valence-corrected chi connectivity index (χ2v) is 7.34. The number of nitrogens with two attached hydrogens (primary N) is 2. The minimum atomic E-state index is -4.15. The highest BCUT2D eigenvalue weighted by molar-refractivity contribution is 7.85. The van der Waals surface area contributed by atoms with Crippen molar-refractivity contribution in [3.8, 4) is 11.5 Å². The van der Waals surface area contributed by atoms with Crippen molar-refractivity contribution in [2.75, 3.05) is 11.9 Å². The molecule has 0 aliphatic carbocycles. The number of anilines is 1. The topological polar surface area (TPSA) is 159 Å². The van der Waals surface area contributed by atoms with E-state index in [1.807, 2.05) is 0 Å². The molecule has 0 spiro atoms. The molecular weight excluding hydrogens is 386 g/mol. The molecule has 0 saturated heterocycles. The summed E-state index contributed by atoms with van der Waals surface area (Å²) in [6.07, 6.45) is 0. The first kappa shape index (κ1) is 19.7. The molecule has 10 nitrogen and oxygen atoms in total. The maximum absolute atomic E-state index is 12.5. The number of carbonyl (C=O) groups excluding carboxylic acids is 1. The van der Waals surface area contributed by atoms with Crippen molar-refractivity contribution in [2.24, 2.45) is 10.3 Å². The molecule has 2 aromatic carbocycles. The highest BCUT2D eigenvalue weighted by Gasteiger charge is 2.15. The van der Waals surface area contributed by atoms with Gasteiger partial charge in [0.15, 0.2) is 0 Å². The largest absolute Gasteiger partial charge is 0.380 e. The summed E-state index contributed by atoms with van der Waals surface area (Å²) in [4.78, 5) is 13.8. The Morgan fingerprint density at radius 3 is 1.58 bits per heavy atom. The molecule has 1 amide bonds. The Morgan fingerprint density at radius 2 is 1.19 bits per heavy atom. The molecule has 0 atom stereocenters. The van der Waals surface area contributed by atoms with Crippen LogP contribution in [0, 0.1) is 0 Å². The van der Waals surface area contributed by atoms with Crippen LogP contribution in [0.5, 0.6) is 11.5 Å². The van der Waals surface area contributed by atoms with Gasteiger partial charge in [-0.25, -0.2) is 0 Å². The maximum Gasteiger partial charge on any atom is 0.380 e. The normalized spacial score (nSPS) is 11.7. The van der Waals surface area contributed by atoms with Crippen LogP contribution in [0.3, 0.4) is 0 Å². The minimum absolute atomic E-state index is 0.00148. The van der Waals surface area contributed by atoms with Crippen LogP contribution in [0.1, 0.15) is 10.4 Å². The summed E-state index contributed by atoms with van der Waals surface area (Å²) in [5.41, 5.74) is 0.723. The van der Waals surface area contributed by atoms with Crippen LogP contribution in [0.4, 0.5) is 5.69 Å². The van der Waals surface area contributed by atoms with E-state index in [-0.39, 0.29) is 17.1 Å². The second-order valence-electron chi connectivity index (χ2n) is 5.03. The molecule has 0 aliphatic rings. The van der Waals surface area contributed by atoms with Crippen molar-refractivity contribution in [1.29, 1.82) is 0 Å². The van der Waals surface area contributed by atoms with E-state index in [0.717, 1.165) is 0 Å². The van der Waals surface area contributed by atoms with Crippen LogP contribution in [0.2, 0.25) is 0 Å². The van der Waals surface area contributed by atoms with Gasteiger partial charge in [0.1, 0.15) is 11.5 Å². The summed E-state index contributed by atoms with van der Waals surface area (Å²) >= 11 is 0. The van der Waals surface area contributed by atoms with Crippen molar-refractivity contribution < 1.29 is 30.0 Å². The number of nitrogens with zero attached hydrogens (tertiary/aromatic N) is 1. The third-order valence-electron chi connectivity index (χ3n) is 3.05. The molecule has 0 radical (unpaired) electrons. The van der Waals surface area contributed by atoms with E-state index in [9.17, 15) is 21.6 Å². The number of carbonyl (C=O) groups is 1. The first-order chi connectivity index (χ1) is 11.9. The average Bonchev–Trinajstić information content (AvgIpc) is 2.52. The predicted molar refractivity (Wildman–Crippen MR) is 93.1 cm³/mol. The molecule has 0 fully saturated rings. The lowest BCUT2D eigenvalue weighted by molar-refractivity contribution is 0.0993. The minimum Gasteiger partial charge on any atom is -0.371 e. The Hall–Kier alpha value is -2.67. The molecule has 140 valence electrons. The van der Waals surface area contributed by atoms with E-state index in [1.165, 1.54) is 60.5 Å². The van der Waals surface area contributed by atoms with Gasteiger partial charge >= 0.3 is 20.6 Å². The molecule has 0 saturated carbocycles. The maximum atomic E-state index is 12.5. The highest BCUT2D eigenvalue weighted by atomic mass is 32.2. The van der Waals surface area contributed by atoms with Gasteiger partial charge in [-0.05, 0) is 48.5 Å². The van der Waals surface area contributed by atoms with E-state index in [2.05, 4.69) is 8.37 Å². The molecular formula is C14H15N3O7S2. The Balaban J connectivity index is 2.13. The lowest BCUT2D eigenvalue weighted by Gasteiger charge is -2.18. The Bertz CT molecular complexity index is 1000. The van der Waals surface area contributed by atoms with Crippen LogP contribution in [-0.2, 0) is 20.6 Å². The van der Waals surface area contributed by atoms with Gasteiger partial charge < -0.3 is 13.3 Å². The van der Waals surface area contributed by atoms with Gasteiger partial charge in [0.25, 0.3) is 5.91 Å². The van der Waals surface area contributed by atoms with Crippen molar-refractivity contribution in [3.05, 3.63) is 54.1 Å². The molecule has 0 aliphatic heterocycles. The number of benzene rings is 2. The van der Waals surface area contributed by atoms with Crippen LogP contribution in [-0.4, -0.2) is 29.8 Å². The van der Waals surface area contributed by atoms with Crippen molar-refractivity contribution >= 4 is 32.2 Å². The zero-order valence-electron chi connectivity index (χ0n) is 13.4. The summed E-state index contributed by atoms with van der Waals surface area (Å²) in [6, 6.07) is 10.9. The van der Waals surface area contributed by atoms with E-state index < -0.39 is 26.5 Å². The van der Waals surface area contributed by atoms with E-state index in [4.69, 9.17) is 10.3 Å². The Morgan fingerprint density at radius 1 is 0.808 bits per heavy atom.